The molecule has 3 rings (SSSR count). The van der Waals surface area contributed by atoms with Gasteiger partial charge < -0.3 is 10.2 Å². The number of hydrogen-bond donors (Lipinski definition) is 1. The van der Waals surface area contributed by atoms with Gasteiger partial charge in [0.1, 0.15) is 0 Å². The maximum Gasteiger partial charge on any atom is 0.238 e. The van der Waals surface area contributed by atoms with Crippen LogP contribution < -0.4 is 5.32 Å². The summed E-state index contributed by atoms with van der Waals surface area (Å²) in [5, 5.41) is 3.01. The van der Waals surface area contributed by atoms with Gasteiger partial charge in [-0.05, 0) is 30.9 Å². The van der Waals surface area contributed by atoms with Crippen molar-refractivity contribution in [3.05, 3.63) is 29.8 Å². The van der Waals surface area contributed by atoms with Crippen molar-refractivity contribution >= 4 is 17.5 Å². The topological polar surface area (TPSA) is 52.7 Å². The van der Waals surface area contributed by atoms with Gasteiger partial charge in [-0.15, -0.1) is 0 Å². The number of piperazine rings is 1. The van der Waals surface area contributed by atoms with Crippen LogP contribution in [0.25, 0.3) is 0 Å². The van der Waals surface area contributed by atoms with E-state index in [-0.39, 0.29) is 11.8 Å². The monoisotopic (exact) mass is 315 g/mol. The van der Waals surface area contributed by atoms with Gasteiger partial charge >= 0.3 is 0 Å². The molecular formula is C18H25N3O2. The number of anilines is 1. The van der Waals surface area contributed by atoms with Gasteiger partial charge in [0, 0.05) is 37.8 Å². The predicted octanol–water partition coefficient (Wildman–Crippen LogP) is 1.74. The van der Waals surface area contributed by atoms with Gasteiger partial charge in [-0.3, -0.25) is 14.5 Å². The summed E-state index contributed by atoms with van der Waals surface area (Å²) in [6.07, 6.45) is 3.01. The molecule has 0 unspecified atom stereocenters. The van der Waals surface area contributed by atoms with Gasteiger partial charge in [0.05, 0.1) is 6.54 Å². The molecule has 2 fully saturated rings. The Hall–Kier alpha value is -1.88. The first kappa shape index (κ1) is 16.0. The van der Waals surface area contributed by atoms with Gasteiger partial charge in [0.15, 0.2) is 0 Å². The van der Waals surface area contributed by atoms with Crippen LogP contribution >= 0.6 is 0 Å². The standard InChI is InChI=1S/C18H25N3O2/c1-2-14-5-3-4-6-16(14)19-17(22)13-20-9-11-21(12-10-20)18(23)15-7-8-15/h3-6,15H,2,7-13H2,1H3,(H,19,22). The molecule has 1 saturated carbocycles. The number of aryl methyl sites for hydroxylation is 1. The lowest BCUT2D eigenvalue weighted by Crippen LogP contribution is -2.50. The number of carbonyl (C=O) groups is 2. The van der Waals surface area contributed by atoms with Crippen molar-refractivity contribution in [2.45, 2.75) is 26.2 Å². The highest BCUT2D eigenvalue weighted by Gasteiger charge is 2.34. The van der Waals surface area contributed by atoms with Gasteiger partial charge in [-0.1, -0.05) is 25.1 Å². The van der Waals surface area contributed by atoms with E-state index >= 15 is 0 Å². The fraction of sp³-hybridized carbons (Fsp3) is 0.556. The SMILES string of the molecule is CCc1ccccc1NC(=O)CN1CCN(C(=O)C2CC2)CC1. The van der Waals surface area contributed by atoms with E-state index < -0.39 is 0 Å². The molecular weight excluding hydrogens is 290 g/mol. The molecule has 23 heavy (non-hydrogen) atoms. The number of nitrogens with zero attached hydrogens (tertiary/aromatic N) is 2. The molecule has 0 atom stereocenters. The maximum absolute atomic E-state index is 12.2. The Labute approximate surface area is 137 Å². The zero-order valence-corrected chi connectivity index (χ0v) is 13.8. The summed E-state index contributed by atoms with van der Waals surface area (Å²) in [5.74, 6) is 0.620. The quantitative estimate of drug-likeness (QED) is 0.900. The van der Waals surface area contributed by atoms with E-state index in [0.29, 0.717) is 12.5 Å². The van der Waals surface area contributed by atoms with Crippen LogP contribution in [0.4, 0.5) is 5.69 Å². The van der Waals surface area contributed by atoms with E-state index in [0.717, 1.165) is 56.7 Å². The molecule has 1 aromatic carbocycles. The van der Waals surface area contributed by atoms with E-state index in [1.165, 1.54) is 0 Å². The third-order valence-electron chi connectivity index (χ3n) is 4.65. The van der Waals surface area contributed by atoms with Crippen molar-refractivity contribution in [3.63, 3.8) is 0 Å². The van der Waals surface area contributed by atoms with Crippen LogP contribution in [-0.4, -0.2) is 54.3 Å². The summed E-state index contributed by atoms with van der Waals surface area (Å²) in [5.41, 5.74) is 2.06. The first-order valence-electron chi connectivity index (χ1n) is 8.56. The number of nitrogens with one attached hydrogen (secondary N) is 1. The van der Waals surface area contributed by atoms with Crippen molar-refractivity contribution in [2.24, 2.45) is 5.92 Å². The van der Waals surface area contributed by atoms with E-state index in [9.17, 15) is 9.59 Å². The predicted molar refractivity (Wildman–Crippen MR) is 90.2 cm³/mol. The molecule has 2 aliphatic rings. The summed E-state index contributed by atoms with van der Waals surface area (Å²) in [7, 11) is 0. The summed E-state index contributed by atoms with van der Waals surface area (Å²) in [4.78, 5) is 28.4. The third kappa shape index (κ3) is 4.10. The highest BCUT2D eigenvalue weighted by Crippen LogP contribution is 2.31. The first-order valence-corrected chi connectivity index (χ1v) is 8.56. The van der Waals surface area contributed by atoms with E-state index in [1.807, 2.05) is 29.2 Å². The van der Waals surface area contributed by atoms with Gasteiger partial charge in [-0.25, -0.2) is 0 Å². The largest absolute Gasteiger partial charge is 0.340 e. The summed E-state index contributed by atoms with van der Waals surface area (Å²) in [6.45, 7) is 5.52. The van der Waals surface area contributed by atoms with Crippen LogP contribution in [0, 0.1) is 5.92 Å². The molecule has 5 heteroatoms. The molecule has 0 aromatic heterocycles. The molecule has 1 N–H and O–H groups in total. The lowest BCUT2D eigenvalue weighted by Gasteiger charge is -2.34. The average Bonchev–Trinajstić information content (AvgIpc) is 3.40. The second-order valence-electron chi connectivity index (χ2n) is 6.43. The van der Waals surface area contributed by atoms with Crippen LogP contribution in [0.5, 0.6) is 0 Å². The molecule has 0 radical (unpaired) electrons. The number of carbonyl (C=O) groups excluding carboxylic acids is 2. The maximum atomic E-state index is 12.2. The van der Waals surface area contributed by atoms with E-state index in [4.69, 9.17) is 0 Å². The molecule has 1 aliphatic carbocycles. The normalized spacial score (nSPS) is 18.7. The zero-order chi connectivity index (χ0) is 16.2. The Morgan fingerprint density at radius 2 is 1.83 bits per heavy atom. The summed E-state index contributed by atoms with van der Waals surface area (Å²) < 4.78 is 0. The lowest BCUT2D eigenvalue weighted by atomic mass is 10.1. The third-order valence-corrected chi connectivity index (χ3v) is 4.65. The summed E-state index contributed by atoms with van der Waals surface area (Å²) >= 11 is 0. The fourth-order valence-electron chi connectivity index (χ4n) is 3.06. The van der Waals surface area contributed by atoms with Gasteiger partial charge in [0.25, 0.3) is 0 Å². The van der Waals surface area contributed by atoms with Crippen LogP contribution in [-0.2, 0) is 16.0 Å². The second-order valence-corrected chi connectivity index (χ2v) is 6.43. The number of hydrogen-bond acceptors (Lipinski definition) is 3. The van der Waals surface area contributed by atoms with Crippen LogP contribution in [0.1, 0.15) is 25.3 Å². The number of para-hydroxylation sites is 1. The van der Waals surface area contributed by atoms with Crippen molar-refractivity contribution < 1.29 is 9.59 Å². The zero-order valence-electron chi connectivity index (χ0n) is 13.8. The molecule has 0 spiro atoms. The molecule has 1 aliphatic heterocycles. The molecule has 5 nitrogen and oxygen atoms in total. The second kappa shape index (κ2) is 7.13. The van der Waals surface area contributed by atoms with Crippen LogP contribution in [0.2, 0.25) is 0 Å². The molecule has 124 valence electrons. The number of amides is 2. The Bertz CT molecular complexity index is 575. The van der Waals surface area contributed by atoms with Crippen LogP contribution in [0.15, 0.2) is 24.3 Å². The molecule has 1 aromatic rings. The molecule has 1 heterocycles. The lowest BCUT2D eigenvalue weighted by molar-refractivity contribution is -0.134. The minimum Gasteiger partial charge on any atom is -0.340 e. The fourth-order valence-corrected chi connectivity index (χ4v) is 3.06. The Balaban J connectivity index is 1.46. The highest BCUT2D eigenvalue weighted by atomic mass is 16.2. The number of rotatable bonds is 5. The first-order chi connectivity index (χ1) is 11.2. The summed E-state index contributed by atoms with van der Waals surface area (Å²) in [6, 6.07) is 7.92. The van der Waals surface area contributed by atoms with Crippen molar-refractivity contribution in [3.8, 4) is 0 Å². The van der Waals surface area contributed by atoms with Gasteiger partial charge in [0.2, 0.25) is 11.8 Å². The minimum atomic E-state index is 0.0212. The van der Waals surface area contributed by atoms with Crippen molar-refractivity contribution in [2.75, 3.05) is 38.0 Å². The average molecular weight is 315 g/mol. The highest BCUT2D eigenvalue weighted by molar-refractivity contribution is 5.93. The number of benzene rings is 1. The molecule has 1 saturated heterocycles. The van der Waals surface area contributed by atoms with Crippen LogP contribution in [0.3, 0.4) is 0 Å². The van der Waals surface area contributed by atoms with Gasteiger partial charge in [-0.2, -0.15) is 0 Å². The molecule has 0 bridgehead atoms. The smallest absolute Gasteiger partial charge is 0.238 e. The minimum absolute atomic E-state index is 0.0212. The van der Waals surface area contributed by atoms with E-state index in [1.54, 1.807) is 0 Å². The van der Waals surface area contributed by atoms with Crippen molar-refractivity contribution in [1.82, 2.24) is 9.80 Å². The Kier molecular flexibility index (Phi) is 4.96. The Morgan fingerprint density at radius 3 is 2.48 bits per heavy atom. The molecule has 2 amide bonds. The Morgan fingerprint density at radius 1 is 1.13 bits per heavy atom. The van der Waals surface area contributed by atoms with Crippen molar-refractivity contribution in [1.29, 1.82) is 0 Å². The van der Waals surface area contributed by atoms with E-state index in [2.05, 4.69) is 17.1 Å².